The molecule has 11 aromatic rings. The highest BCUT2D eigenvalue weighted by molar-refractivity contribution is 7.26. The molecule has 0 bridgehead atoms. The Labute approximate surface area is 334 Å². The van der Waals surface area contributed by atoms with E-state index in [9.17, 15) is 0 Å². The summed E-state index contributed by atoms with van der Waals surface area (Å²) >= 11 is 1.80. The molecule has 266 valence electrons. The highest BCUT2D eigenvalue weighted by Gasteiger charge is 2.18. The molecule has 0 saturated heterocycles. The topological polar surface area (TPSA) is 38.7 Å². The largest absolute Gasteiger partial charge is 0.208 e. The summed E-state index contributed by atoms with van der Waals surface area (Å²) in [7, 11) is 0. The summed E-state index contributed by atoms with van der Waals surface area (Å²) in [6.07, 6.45) is 0. The molecule has 0 unspecified atom stereocenters. The van der Waals surface area contributed by atoms with E-state index in [1.165, 1.54) is 75.1 Å². The van der Waals surface area contributed by atoms with Crippen molar-refractivity contribution in [3.05, 3.63) is 200 Å². The molecule has 2 heterocycles. The second-order valence-corrected chi connectivity index (χ2v) is 15.5. The standard InChI is InChI=1S/C53H33N3S/c1-3-13-36(14-4-1)51-54-52(37-15-5-2-6-16-37)56-53(55-51)45-23-12-24-49-50(45)47-32-39(29-30-48(47)57-49)35-27-25-34(26-28-35)38-18-11-19-40(31-38)46-33-41-17-7-8-20-42(41)43-21-9-10-22-44(43)46/h1-33H. The smallest absolute Gasteiger partial charge is 0.164 e. The van der Waals surface area contributed by atoms with Gasteiger partial charge in [0.2, 0.25) is 0 Å². The zero-order chi connectivity index (χ0) is 37.7. The molecule has 4 heteroatoms. The molecule has 0 aliphatic heterocycles. The normalized spacial score (nSPS) is 11.5. The summed E-state index contributed by atoms with van der Waals surface area (Å²) in [4.78, 5) is 15.1. The number of hydrogen-bond donors (Lipinski definition) is 0. The Bertz CT molecular complexity index is 3220. The zero-order valence-electron chi connectivity index (χ0n) is 30.8. The van der Waals surface area contributed by atoms with Gasteiger partial charge in [-0.2, -0.15) is 0 Å². The van der Waals surface area contributed by atoms with Crippen LogP contribution in [-0.4, -0.2) is 15.0 Å². The molecule has 0 atom stereocenters. The van der Waals surface area contributed by atoms with E-state index in [4.69, 9.17) is 15.0 Å². The number of fused-ring (bicyclic) bond motifs is 6. The minimum absolute atomic E-state index is 0.660. The monoisotopic (exact) mass is 743 g/mol. The third kappa shape index (κ3) is 5.95. The van der Waals surface area contributed by atoms with Crippen molar-refractivity contribution in [1.82, 2.24) is 15.0 Å². The third-order valence-corrected chi connectivity index (χ3v) is 12.1. The van der Waals surface area contributed by atoms with Gasteiger partial charge < -0.3 is 0 Å². The first kappa shape index (κ1) is 33.1. The molecule has 0 amide bonds. The van der Waals surface area contributed by atoms with Crippen LogP contribution in [0.15, 0.2) is 200 Å². The number of rotatable bonds is 6. The third-order valence-electron chi connectivity index (χ3n) is 10.9. The first-order valence-electron chi connectivity index (χ1n) is 19.2. The average Bonchev–Trinajstić information content (AvgIpc) is 3.68. The van der Waals surface area contributed by atoms with Crippen molar-refractivity contribution >= 4 is 53.1 Å². The van der Waals surface area contributed by atoms with Crippen LogP contribution in [0.1, 0.15) is 0 Å². The van der Waals surface area contributed by atoms with Crippen LogP contribution in [0.3, 0.4) is 0 Å². The zero-order valence-corrected chi connectivity index (χ0v) is 31.6. The van der Waals surface area contributed by atoms with Crippen LogP contribution >= 0.6 is 11.3 Å². The van der Waals surface area contributed by atoms with E-state index in [0.29, 0.717) is 17.5 Å². The number of nitrogens with zero attached hydrogens (tertiary/aromatic N) is 3. The molecule has 0 aliphatic carbocycles. The fraction of sp³-hybridized carbons (Fsp3) is 0. The molecule has 9 aromatic carbocycles. The molecule has 57 heavy (non-hydrogen) atoms. The van der Waals surface area contributed by atoms with Gasteiger partial charge >= 0.3 is 0 Å². The van der Waals surface area contributed by atoms with Crippen LogP contribution in [0.4, 0.5) is 0 Å². The van der Waals surface area contributed by atoms with Crippen molar-refractivity contribution in [2.24, 2.45) is 0 Å². The van der Waals surface area contributed by atoms with E-state index in [1.807, 2.05) is 36.4 Å². The van der Waals surface area contributed by atoms with Crippen molar-refractivity contribution in [3.63, 3.8) is 0 Å². The predicted octanol–water partition coefficient (Wildman–Crippen LogP) is 14.5. The molecule has 0 aliphatic rings. The van der Waals surface area contributed by atoms with Gasteiger partial charge in [-0.25, -0.2) is 15.0 Å². The first-order valence-corrected chi connectivity index (χ1v) is 20.0. The summed E-state index contributed by atoms with van der Waals surface area (Å²) < 4.78 is 2.44. The maximum Gasteiger partial charge on any atom is 0.164 e. The Hall–Kier alpha value is -7.27. The highest BCUT2D eigenvalue weighted by Crippen LogP contribution is 2.42. The molecular weight excluding hydrogens is 711 g/mol. The van der Waals surface area contributed by atoms with Gasteiger partial charge in [-0.3, -0.25) is 0 Å². The lowest BCUT2D eigenvalue weighted by atomic mass is 9.91. The number of benzene rings is 9. The van der Waals surface area contributed by atoms with Crippen LogP contribution in [0.5, 0.6) is 0 Å². The summed E-state index contributed by atoms with van der Waals surface area (Å²) in [5, 5.41) is 7.46. The van der Waals surface area contributed by atoms with Gasteiger partial charge in [0.25, 0.3) is 0 Å². The highest BCUT2D eigenvalue weighted by atomic mass is 32.1. The van der Waals surface area contributed by atoms with E-state index in [2.05, 4.69) is 164 Å². The van der Waals surface area contributed by atoms with Gasteiger partial charge in [0.05, 0.1) is 0 Å². The maximum atomic E-state index is 5.09. The Balaban J connectivity index is 0.979. The number of hydrogen-bond acceptors (Lipinski definition) is 4. The first-order chi connectivity index (χ1) is 28.2. The van der Waals surface area contributed by atoms with Crippen LogP contribution in [-0.2, 0) is 0 Å². The van der Waals surface area contributed by atoms with E-state index < -0.39 is 0 Å². The van der Waals surface area contributed by atoms with Crippen molar-refractivity contribution in [1.29, 1.82) is 0 Å². The summed E-state index contributed by atoms with van der Waals surface area (Å²) in [6, 6.07) is 71.2. The van der Waals surface area contributed by atoms with E-state index in [-0.39, 0.29) is 0 Å². The predicted molar refractivity (Wildman–Crippen MR) is 240 cm³/mol. The molecule has 0 N–H and O–H groups in total. The van der Waals surface area contributed by atoms with Gasteiger partial charge in [0, 0.05) is 36.9 Å². The maximum absolute atomic E-state index is 5.09. The van der Waals surface area contributed by atoms with Crippen molar-refractivity contribution in [2.45, 2.75) is 0 Å². The minimum atomic E-state index is 0.660. The van der Waals surface area contributed by atoms with Crippen LogP contribution in [0, 0.1) is 0 Å². The van der Waals surface area contributed by atoms with Gasteiger partial charge in [-0.15, -0.1) is 11.3 Å². The Morgan fingerprint density at radius 2 is 0.825 bits per heavy atom. The van der Waals surface area contributed by atoms with Gasteiger partial charge in [-0.05, 0) is 85.3 Å². The van der Waals surface area contributed by atoms with Crippen molar-refractivity contribution in [2.75, 3.05) is 0 Å². The Morgan fingerprint density at radius 1 is 0.281 bits per heavy atom. The molecule has 0 radical (unpaired) electrons. The average molecular weight is 744 g/mol. The second kappa shape index (κ2) is 13.8. The van der Waals surface area contributed by atoms with Crippen LogP contribution < -0.4 is 0 Å². The van der Waals surface area contributed by atoms with E-state index in [1.54, 1.807) is 11.3 Å². The van der Waals surface area contributed by atoms with E-state index in [0.717, 1.165) is 16.7 Å². The number of thiophene rings is 1. The fourth-order valence-corrected chi connectivity index (χ4v) is 9.25. The molecule has 2 aromatic heterocycles. The molecule has 0 spiro atoms. The lowest BCUT2D eigenvalue weighted by Gasteiger charge is -2.12. The fourth-order valence-electron chi connectivity index (χ4n) is 8.14. The molecule has 11 rings (SSSR count). The Kier molecular flexibility index (Phi) is 8.01. The van der Waals surface area contributed by atoms with Crippen molar-refractivity contribution in [3.8, 4) is 67.5 Å². The lowest BCUT2D eigenvalue weighted by Crippen LogP contribution is -2.00. The minimum Gasteiger partial charge on any atom is -0.208 e. The van der Waals surface area contributed by atoms with Gasteiger partial charge in [0.1, 0.15) is 0 Å². The summed E-state index contributed by atoms with van der Waals surface area (Å²) in [5.74, 6) is 1.99. The molecular formula is C53H33N3S. The quantitative estimate of drug-likeness (QED) is 0.159. The molecule has 3 nitrogen and oxygen atoms in total. The summed E-state index contributed by atoms with van der Waals surface area (Å²) in [5.41, 5.74) is 10.1. The number of aromatic nitrogens is 3. The summed E-state index contributed by atoms with van der Waals surface area (Å²) in [6.45, 7) is 0. The SMILES string of the molecule is c1ccc(-c2nc(-c3ccccc3)nc(-c3cccc4sc5ccc(-c6ccc(-c7cccc(-c8cc9ccccc9c9ccccc89)c7)cc6)cc5c34)n2)cc1. The van der Waals surface area contributed by atoms with Crippen LogP contribution in [0.25, 0.3) is 109 Å². The van der Waals surface area contributed by atoms with Gasteiger partial charge in [0.15, 0.2) is 17.5 Å². The molecule has 0 saturated carbocycles. The second-order valence-electron chi connectivity index (χ2n) is 14.4. The molecule has 0 fully saturated rings. The van der Waals surface area contributed by atoms with Gasteiger partial charge in [-0.1, -0.05) is 170 Å². The Morgan fingerprint density at radius 3 is 1.54 bits per heavy atom. The van der Waals surface area contributed by atoms with Crippen molar-refractivity contribution < 1.29 is 0 Å². The van der Waals surface area contributed by atoms with Crippen LogP contribution in [0.2, 0.25) is 0 Å². The lowest BCUT2D eigenvalue weighted by molar-refractivity contribution is 1.08. The van der Waals surface area contributed by atoms with E-state index >= 15 is 0 Å².